The number of nitrogens with one attached hydrogen (secondary N) is 2. The molecule has 132 valence electrons. The highest BCUT2D eigenvalue weighted by molar-refractivity contribution is 5.82. The number of anilines is 1. The van der Waals surface area contributed by atoms with Gasteiger partial charge in [-0.3, -0.25) is 10.1 Å². The van der Waals surface area contributed by atoms with Crippen LogP contribution in [0.1, 0.15) is 19.3 Å². The summed E-state index contributed by atoms with van der Waals surface area (Å²) in [5, 5.41) is 5.50. The second kappa shape index (κ2) is 6.93. The summed E-state index contributed by atoms with van der Waals surface area (Å²) in [6.45, 7) is 1.16. The maximum Gasteiger partial charge on any atom is 0.262 e. The summed E-state index contributed by atoms with van der Waals surface area (Å²) in [5.74, 6) is -2.27. The number of nitrogens with zero attached hydrogens (tertiary/aromatic N) is 1. The van der Waals surface area contributed by atoms with Crippen LogP contribution < -0.4 is 20.3 Å². The van der Waals surface area contributed by atoms with Gasteiger partial charge >= 0.3 is 0 Å². The number of ether oxygens (including phenoxy) is 1. The Morgan fingerprint density at radius 1 is 1.33 bits per heavy atom. The van der Waals surface area contributed by atoms with E-state index >= 15 is 0 Å². The van der Waals surface area contributed by atoms with Crippen molar-refractivity contribution in [3.8, 4) is 5.75 Å². The second-order valence-corrected chi connectivity index (χ2v) is 6.44. The Bertz CT molecular complexity index is 589. The monoisotopic (exact) mass is 339 g/mol. The molecule has 2 fully saturated rings. The molecular formula is C17H23F2N3O2. The Labute approximate surface area is 140 Å². The van der Waals surface area contributed by atoms with Crippen molar-refractivity contribution in [1.82, 2.24) is 10.6 Å². The number of alkyl halides is 2. The third-order valence-electron chi connectivity index (χ3n) is 4.69. The zero-order valence-electron chi connectivity index (χ0n) is 13.7. The molecule has 0 saturated carbocycles. The van der Waals surface area contributed by atoms with Crippen LogP contribution in [0.4, 0.5) is 14.5 Å². The molecule has 5 nitrogen and oxygen atoms in total. The number of carbonyl (C=O) groups excluding carboxylic acids is 1. The maximum atomic E-state index is 13.2. The van der Waals surface area contributed by atoms with Crippen LogP contribution in [0.3, 0.4) is 0 Å². The summed E-state index contributed by atoms with van der Waals surface area (Å²) >= 11 is 0. The number of amides is 1. The highest BCUT2D eigenvalue weighted by Gasteiger charge is 2.42. The molecule has 2 aliphatic rings. The molecule has 1 amide bonds. The van der Waals surface area contributed by atoms with Gasteiger partial charge in [0.1, 0.15) is 5.75 Å². The van der Waals surface area contributed by atoms with E-state index in [9.17, 15) is 13.6 Å². The summed E-state index contributed by atoms with van der Waals surface area (Å²) in [6, 6.07) is 7.08. The zero-order chi connectivity index (χ0) is 17.2. The minimum atomic E-state index is -2.78. The summed E-state index contributed by atoms with van der Waals surface area (Å²) in [4.78, 5) is 14.3. The van der Waals surface area contributed by atoms with Gasteiger partial charge in [0.05, 0.1) is 25.4 Å². The lowest BCUT2D eigenvalue weighted by Crippen LogP contribution is -2.49. The molecule has 2 N–H and O–H groups in total. The number of piperidine rings is 1. The third-order valence-corrected chi connectivity index (χ3v) is 4.69. The van der Waals surface area contributed by atoms with Gasteiger partial charge in [-0.15, -0.1) is 0 Å². The predicted octanol–water partition coefficient (Wildman–Crippen LogP) is 1.78. The average molecular weight is 339 g/mol. The fourth-order valence-electron chi connectivity index (χ4n) is 3.36. The number of methoxy groups -OCH3 is 1. The van der Waals surface area contributed by atoms with E-state index in [1.807, 2.05) is 24.3 Å². The summed E-state index contributed by atoms with van der Waals surface area (Å²) < 4.78 is 31.8. The fraction of sp³-hybridized carbons (Fsp3) is 0.588. The van der Waals surface area contributed by atoms with Crippen LogP contribution in [0.25, 0.3) is 0 Å². The van der Waals surface area contributed by atoms with Crippen molar-refractivity contribution in [3.63, 3.8) is 0 Å². The number of halogens is 2. The van der Waals surface area contributed by atoms with Crippen LogP contribution in [0, 0.1) is 0 Å². The van der Waals surface area contributed by atoms with Crippen LogP contribution in [0.5, 0.6) is 5.75 Å². The highest BCUT2D eigenvalue weighted by Crippen LogP contribution is 2.30. The lowest BCUT2D eigenvalue weighted by Gasteiger charge is -2.35. The summed E-state index contributed by atoms with van der Waals surface area (Å²) in [7, 11) is 1.65. The molecule has 1 aromatic carbocycles. The van der Waals surface area contributed by atoms with Gasteiger partial charge in [-0.05, 0) is 25.0 Å². The first-order valence-corrected chi connectivity index (χ1v) is 8.28. The van der Waals surface area contributed by atoms with Crippen LogP contribution in [0.2, 0.25) is 0 Å². The largest absolute Gasteiger partial charge is 0.495 e. The van der Waals surface area contributed by atoms with Crippen LogP contribution in [0.15, 0.2) is 24.3 Å². The van der Waals surface area contributed by atoms with E-state index in [1.54, 1.807) is 7.11 Å². The molecular weight excluding hydrogens is 316 g/mol. The Balaban J connectivity index is 1.51. The molecule has 0 spiro atoms. The fourth-order valence-corrected chi connectivity index (χ4v) is 3.36. The number of hydrogen-bond donors (Lipinski definition) is 2. The van der Waals surface area contributed by atoms with Gasteiger partial charge in [0.15, 0.2) is 0 Å². The third kappa shape index (κ3) is 3.77. The Morgan fingerprint density at radius 3 is 2.67 bits per heavy atom. The van der Waals surface area contributed by atoms with Crippen molar-refractivity contribution < 1.29 is 18.3 Å². The first-order valence-electron chi connectivity index (χ1n) is 8.28. The van der Waals surface area contributed by atoms with Gasteiger partial charge in [0.2, 0.25) is 5.91 Å². The number of rotatable bonds is 4. The van der Waals surface area contributed by atoms with Gasteiger partial charge in [0.25, 0.3) is 5.92 Å². The average Bonchev–Trinajstić information content (AvgIpc) is 2.96. The molecule has 1 atom stereocenters. The first-order chi connectivity index (χ1) is 11.5. The first kappa shape index (κ1) is 17.0. The van der Waals surface area contributed by atoms with Crippen LogP contribution in [-0.4, -0.2) is 50.7 Å². The number of carbonyl (C=O) groups is 1. The minimum absolute atomic E-state index is 0.0273. The Morgan fingerprint density at radius 2 is 2.04 bits per heavy atom. The normalized spacial score (nSPS) is 24.0. The molecule has 3 rings (SSSR count). The molecule has 2 aliphatic heterocycles. The molecule has 24 heavy (non-hydrogen) atoms. The molecule has 0 bridgehead atoms. The topological polar surface area (TPSA) is 53.6 Å². The lowest BCUT2D eigenvalue weighted by molar-refractivity contribution is -0.124. The van der Waals surface area contributed by atoms with Crippen molar-refractivity contribution in [1.29, 1.82) is 0 Å². The van der Waals surface area contributed by atoms with Gasteiger partial charge in [-0.2, -0.15) is 0 Å². The molecule has 0 aliphatic carbocycles. The number of para-hydroxylation sites is 2. The molecule has 2 saturated heterocycles. The minimum Gasteiger partial charge on any atom is -0.495 e. The van der Waals surface area contributed by atoms with Crippen LogP contribution >= 0.6 is 0 Å². The smallest absolute Gasteiger partial charge is 0.262 e. The van der Waals surface area contributed by atoms with Gasteiger partial charge in [0, 0.05) is 25.6 Å². The quantitative estimate of drug-likeness (QED) is 0.878. The van der Waals surface area contributed by atoms with E-state index in [4.69, 9.17) is 4.74 Å². The van der Waals surface area contributed by atoms with Crippen molar-refractivity contribution >= 4 is 11.6 Å². The Kier molecular flexibility index (Phi) is 4.89. The van der Waals surface area contributed by atoms with Crippen molar-refractivity contribution in [2.45, 2.75) is 37.3 Å². The van der Waals surface area contributed by atoms with E-state index in [2.05, 4.69) is 15.5 Å². The predicted molar refractivity (Wildman–Crippen MR) is 87.7 cm³/mol. The number of hydrogen-bond acceptors (Lipinski definition) is 4. The molecule has 2 heterocycles. The molecule has 0 radical (unpaired) electrons. The van der Waals surface area contributed by atoms with Crippen molar-refractivity contribution in [2.24, 2.45) is 0 Å². The van der Waals surface area contributed by atoms with E-state index in [0.29, 0.717) is 0 Å². The van der Waals surface area contributed by atoms with E-state index < -0.39 is 24.9 Å². The molecule has 1 aromatic rings. The molecule has 7 heteroatoms. The van der Waals surface area contributed by atoms with Gasteiger partial charge < -0.3 is 15.0 Å². The van der Waals surface area contributed by atoms with Crippen molar-refractivity contribution in [2.75, 3.05) is 31.6 Å². The lowest BCUT2D eigenvalue weighted by atomic mass is 10.0. The Hall–Kier alpha value is -1.89. The van der Waals surface area contributed by atoms with Crippen molar-refractivity contribution in [3.05, 3.63) is 24.3 Å². The highest BCUT2D eigenvalue weighted by atomic mass is 19.3. The standard InChI is InChI=1S/C17H23F2N3O2/c1-24-15-5-3-2-4-14(15)22-8-6-12(7-9-22)21-16(23)13-10-17(18,19)11-20-13/h2-5,12-13,20H,6-11H2,1H3,(H,21,23). The van der Waals surface area contributed by atoms with Gasteiger partial charge in [-0.1, -0.05) is 12.1 Å². The molecule has 0 aromatic heterocycles. The molecule has 1 unspecified atom stereocenters. The van der Waals surface area contributed by atoms with E-state index in [0.717, 1.165) is 37.4 Å². The number of benzene rings is 1. The SMILES string of the molecule is COc1ccccc1N1CCC(NC(=O)C2CC(F)(F)CN2)CC1. The maximum absolute atomic E-state index is 13.2. The summed E-state index contributed by atoms with van der Waals surface area (Å²) in [6.07, 6.45) is 1.15. The van der Waals surface area contributed by atoms with E-state index in [-0.39, 0.29) is 11.9 Å². The van der Waals surface area contributed by atoms with Crippen LogP contribution in [-0.2, 0) is 4.79 Å². The van der Waals surface area contributed by atoms with E-state index in [1.165, 1.54) is 0 Å². The van der Waals surface area contributed by atoms with Gasteiger partial charge in [-0.25, -0.2) is 8.78 Å². The summed E-state index contributed by atoms with van der Waals surface area (Å²) in [5.41, 5.74) is 1.04. The second-order valence-electron chi connectivity index (χ2n) is 6.44. The zero-order valence-corrected chi connectivity index (χ0v) is 13.7.